The van der Waals surface area contributed by atoms with E-state index in [1.54, 1.807) is 0 Å². The zero-order chi connectivity index (χ0) is 35.3. The average molecular weight is 696 g/mol. The zero-order valence-corrected chi connectivity index (χ0v) is 28.6. The van der Waals surface area contributed by atoms with Crippen molar-refractivity contribution in [1.29, 1.82) is 0 Å². The summed E-state index contributed by atoms with van der Waals surface area (Å²) in [7, 11) is 0. The Bertz CT molecular complexity index is 3190. The summed E-state index contributed by atoms with van der Waals surface area (Å²) in [6.45, 7) is 0. The molecule has 254 valence electrons. The molecule has 0 fully saturated rings. The topological polar surface area (TPSA) is 122 Å². The number of aromatic nitrogens is 9. The molecule has 0 unspecified atom stereocenters. The Morgan fingerprint density at radius 1 is 0.519 bits per heavy atom. The lowest BCUT2D eigenvalue weighted by molar-refractivity contribution is 1.12. The highest BCUT2D eigenvalue weighted by Gasteiger charge is 2.32. The summed E-state index contributed by atoms with van der Waals surface area (Å²) in [6.07, 6.45) is 6.30. The number of pyridine rings is 1. The van der Waals surface area contributed by atoms with Crippen LogP contribution < -0.4 is 0 Å². The van der Waals surface area contributed by atoms with Gasteiger partial charge in [0.1, 0.15) is 11.4 Å². The van der Waals surface area contributed by atoms with Crippen LogP contribution in [-0.2, 0) is 0 Å². The Morgan fingerprint density at radius 3 is 1.96 bits per heavy atom. The molecule has 0 aliphatic carbocycles. The van der Waals surface area contributed by atoms with Crippen molar-refractivity contribution in [3.63, 3.8) is 0 Å². The van der Waals surface area contributed by atoms with E-state index in [4.69, 9.17) is 15.2 Å². The van der Waals surface area contributed by atoms with Gasteiger partial charge in [-0.2, -0.15) is 10.2 Å². The van der Waals surface area contributed by atoms with Gasteiger partial charge in [0.15, 0.2) is 5.82 Å². The molecule has 0 radical (unpaired) electrons. The number of imidazole rings is 1. The molecule has 12 aromatic rings. The molecule has 7 aromatic heterocycles. The predicted molar refractivity (Wildman–Crippen MR) is 217 cm³/mol. The van der Waals surface area contributed by atoms with E-state index in [0.717, 1.165) is 116 Å². The molecule has 7 heterocycles. The number of rotatable bonds is 5. The van der Waals surface area contributed by atoms with E-state index in [1.165, 1.54) is 0 Å². The van der Waals surface area contributed by atoms with E-state index in [9.17, 15) is 0 Å². The van der Waals surface area contributed by atoms with Gasteiger partial charge < -0.3 is 19.4 Å². The molecular weight excluding hydrogens is 667 g/mol. The minimum Gasteiger partial charge on any atom is -0.360 e. The maximum Gasteiger partial charge on any atom is 0.155 e. The Labute approximate surface area is 306 Å². The van der Waals surface area contributed by atoms with Crippen molar-refractivity contribution in [3.05, 3.63) is 146 Å². The molecule has 0 amide bonds. The van der Waals surface area contributed by atoms with Crippen molar-refractivity contribution < 1.29 is 0 Å². The number of nitrogens with one attached hydrogen (secondary N) is 5. The first kappa shape index (κ1) is 29.0. The van der Waals surface area contributed by atoms with Crippen LogP contribution in [0, 0.1) is 0 Å². The summed E-state index contributed by atoms with van der Waals surface area (Å²) in [4.78, 5) is 16.7. The zero-order valence-electron chi connectivity index (χ0n) is 28.6. The highest BCUT2D eigenvalue weighted by atomic mass is 15.1. The molecule has 0 saturated heterocycles. The standard InChI is InChI=1S/C45H29N9/c1-3-13-27-26(12-1)24-46-40(27)39-37(41-28-14-4-7-17-32(28)50-52-41)36(30-20-22-54-21-10-9-19-35(30)54)38(42-29-15-5-8-18-33(29)51-53-42)43-44(39)49-45(48-43)34-23-25-11-2-6-16-31(25)47-34/h1-24,46-47H,(H,48,49)(H,50,52)(H,51,53). The first-order chi connectivity index (χ1) is 26.8. The lowest BCUT2D eigenvalue weighted by Gasteiger charge is -2.19. The monoisotopic (exact) mass is 695 g/mol. The van der Waals surface area contributed by atoms with Crippen molar-refractivity contribution in [2.24, 2.45) is 0 Å². The summed E-state index contributed by atoms with van der Waals surface area (Å²) in [5, 5.41) is 22.3. The normalized spacial score (nSPS) is 12.1. The summed E-state index contributed by atoms with van der Waals surface area (Å²) in [5.41, 5.74) is 14.2. The van der Waals surface area contributed by atoms with Crippen LogP contribution in [0.1, 0.15) is 0 Å². The highest BCUT2D eigenvalue weighted by Crippen LogP contribution is 2.53. The van der Waals surface area contributed by atoms with Crippen LogP contribution in [0.15, 0.2) is 146 Å². The van der Waals surface area contributed by atoms with Gasteiger partial charge >= 0.3 is 0 Å². The van der Waals surface area contributed by atoms with Gasteiger partial charge in [0.2, 0.25) is 0 Å². The van der Waals surface area contributed by atoms with Crippen molar-refractivity contribution in [2.45, 2.75) is 0 Å². The van der Waals surface area contributed by atoms with Crippen LogP contribution in [-0.4, -0.2) is 44.7 Å². The maximum atomic E-state index is 5.54. The van der Waals surface area contributed by atoms with Crippen molar-refractivity contribution in [2.75, 3.05) is 0 Å². The Hall–Kier alpha value is -7.65. The first-order valence-corrected chi connectivity index (χ1v) is 18.0. The molecule has 9 heteroatoms. The van der Waals surface area contributed by atoms with Crippen LogP contribution in [0.3, 0.4) is 0 Å². The third kappa shape index (κ3) is 4.06. The van der Waals surface area contributed by atoms with Crippen LogP contribution >= 0.6 is 0 Å². The first-order valence-electron chi connectivity index (χ1n) is 18.0. The van der Waals surface area contributed by atoms with Gasteiger partial charge in [0.05, 0.1) is 39.0 Å². The molecular formula is C45H29N9. The van der Waals surface area contributed by atoms with Gasteiger partial charge in [-0.3, -0.25) is 10.2 Å². The van der Waals surface area contributed by atoms with Gasteiger partial charge in [-0.05, 0) is 47.9 Å². The maximum absolute atomic E-state index is 5.54. The second-order valence-electron chi connectivity index (χ2n) is 13.8. The Balaban J connectivity index is 1.35. The Morgan fingerprint density at radius 2 is 1.19 bits per heavy atom. The van der Waals surface area contributed by atoms with E-state index in [2.05, 4.69) is 157 Å². The Kier molecular flexibility index (Phi) is 5.86. The number of aromatic amines is 5. The highest BCUT2D eigenvalue weighted by molar-refractivity contribution is 6.22. The van der Waals surface area contributed by atoms with E-state index in [1.807, 2.05) is 18.2 Å². The van der Waals surface area contributed by atoms with E-state index < -0.39 is 0 Å². The van der Waals surface area contributed by atoms with Gasteiger partial charge in [-0.25, -0.2) is 4.98 Å². The fourth-order valence-corrected chi connectivity index (χ4v) is 8.40. The molecule has 0 bridgehead atoms. The summed E-state index contributed by atoms with van der Waals surface area (Å²) in [6, 6.07) is 44.1. The third-order valence-electron chi connectivity index (χ3n) is 10.8. The quantitative estimate of drug-likeness (QED) is 0.123. The lowest BCUT2D eigenvalue weighted by Crippen LogP contribution is -1.99. The number of H-pyrrole nitrogens is 5. The molecule has 5 N–H and O–H groups in total. The van der Waals surface area contributed by atoms with Gasteiger partial charge in [0, 0.05) is 73.5 Å². The molecule has 0 saturated carbocycles. The largest absolute Gasteiger partial charge is 0.360 e. The average Bonchev–Trinajstić information content (AvgIpc) is 4.07. The van der Waals surface area contributed by atoms with E-state index in [-0.39, 0.29) is 0 Å². The second-order valence-corrected chi connectivity index (χ2v) is 13.8. The lowest BCUT2D eigenvalue weighted by atomic mass is 9.84. The number of benzene rings is 5. The molecule has 0 atom stereocenters. The molecule has 9 nitrogen and oxygen atoms in total. The minimum atomic E-state index is 0.733. The number of para-hydroxylation sites is 3. The number of hydrogen-bond donors (Lipinski definition) is 5. The van der Waals surface area contributed by atoms with Crippen molar-refractivity contribution in [3.8, 4) is 56.4 Å². The molecule has 0 spiro atoms. The summed E-state index contributed by atoms with van der Waals surface area (Å²) < 4.78 is 2.17. The molecule has 0 aliphatic rings. The van der Waals surface area contributed by atoms with Crippen LogP contribution in [0.2, 0.25) is 0 Å². The number of fused-ring (bicyclic) bond motifs is 6. The molecule has 5 aromatic carbocycles. The fourth-order valence-electron chi connectivity index (χ4n) is 8.40. The summed E-state index contributed by atoms with van der Waals surface area (Å²) >= 11 is 0. The van der Waals surface area contributed by atoms with Crippen molar-refractivity contribution >= 4 is 60.0 Å². The molecule has 54 heavy (non-hydrogen) atoms. The molecule has 0 aliphatic heterocycles. The second kappa shape index (κ2) is 10.9. The van der Waals surface area contributed by atoms with E-state index >= 15 is 0 Å². The van der Waals surface area contributed by atoms with Crippen LogP contribution in [0.25, 0.3) is 116 Å². The number of nitrogens with zero attached hydrogens (tertiary/aromatic N) is 4. The van der Waals surface area contributed by atoms with Crippen molar-refractivity contribution in [1.82, 2.24) is 44.7 Å². The number of hydrogen-bond acceptors (Lipinski definition) is 3. The minimum absolute atomic E-state index is 0.733. The fraction of sp³-hybridized carbons (Fsp3) is 0. The SMILES string of the molecule is c1ccc2[nH]c(-c3nc4c(-c5[nH]cc6ccccc56)c(-c5n[nH]c6ccccc56)c(-c5ccn6ccccc56)c(-c5n[nH]c6ccccc56)c4[nH]3)cc2c1. The summed E-state index contributed by atoms with van der Waals surface area (Å²) in [5.74, 6) is 0.733. The van der Waals surface area contributed by atoms with E-state index in [0.29, 0.717) is 0 Å². The van der Waals surface area contributed by atoms with Gasteiger partial charge in [-0.1, -0.05) is 84.9 Å². The smallest absolute Gasteiger partial charge is 0.155 e. The third-order valence-corrected chi connectivity index (χ3v) is 10.8. The molecule has 12 rings (SSSR count). The van der Waals surface area contributed by atoms with Crippen LogP contribution in [0.5, 0.6) is 0 Å². The van der Waals surface area contributed by atoms with Crippen LogP contribution in [0.4, 0.5) is 0 Å². The van der Waals surface area contributed by atoms with Gasteiger partial charge in [-0.15, -0.1) is 0 Å². The van der Waals surface area contributed by atoms with Gasteiger partial charge in [0.25, 0.3) is 0 Å². The predicted octanol–water partition coefficient (Wildman–Crippen LogP) is 10.9.